The molecule has 0 aliphatic carbocycles. The Morgan fingerprint density at radius 1 is 1.08 bits per heavy atom. The highest BCUT2D eigenvalue weighted by molar-refractivity contribution is 9.10. The van der Waals surface area contributed by atoms with Gasteiger partial charge in [0.1, 0.15) is 5.01 Å². The third kappa shape index (κ3) is 4.23. The molecule has 0 saturated heterocycles. The Morgan fingerprint density at radius 3 is 2.44 bits per heavy atom. The fourth-order valence-electron chi connectivity index (χ4n) is 1.99. The van der Waals surface area contributed by atoms with E-state index in [1.54, 1.807) is 24.3 Å². The number of nitrogens with zero attached hydrogens (tertiary/aromatic N) is 2. The predicted molar refractivity (Wildman–Crippen MR) is 92.4 cm³/mol. The minimum atomic E-state index is -4.39. The molecule has 3 aromatic rings. The van der Waals surface area contributed by atoms with Gasteiger partial charge in [0.25, 0.3) is 5.91 Å². The van der Waals surface area contributed by atoms with E-state index in [1.807, 2.05) is 0 Å². The lowest BCUT2D eigenvalue weighted by molar-refractivity contribution is -0.137. The van der Waals surface area contributed by atoms with Crippen molar-refractivity contribution in [2.45, 2.75) is 6.18 Å². The van der Waals surface area contributed by atoms with E-state index in [9.17, 15) is 18.0 Å². The fourth-order valence-corrected chi connectivity index (χ4v) is 3.13. The lowest BCUT2D eigenvalue weighted by Gasteiger charge is -2.06. The van der Waals surface area contributed by atoms with Crippen molar-refractivity contribution in [1.29, 1.82) is 0 Å². The summed E-state index contributed by atoms with van der Waals surface area (Å²) in [5.74, 6) is -0.351. The normalized spacial score (nSPS) is 11.4. The highest BCUT2D eigenvalue weighted by Gasteiger charge is 2.30. The zero-order chi connectivity index (χ0) is 18.0. The lowest BCUT2D eigenvalue weighted by atomic mass is 10.1. The molecule has 1 amide bonds. The molecular formula is C16H9BrF3N3OS. The summed E-state index contributed by atoms with van der Waals surface area (Å²) in [6.07, 6.45) is -4.39. The molecule has 0 unspecified atom stereocenters. The number of hydrogen-bond acceptors (Lipinski definition) is 4. The number of halogens is 4. The van der Waals surface area contributed by atoms with Crippen molar-refractivity contribution < 1.29 is 18.0 Å². The average molecular weight is 428 g/mol. The van der Waals surface area contributed by atoms with Crippen molar-refractivity contribution in [3.05, 3.63) is 64.1 Å². The maximum atomic E-state index is 12.6. The molecule has 128 valence electrons. The van der Waals surface area contributed by atoms with Gasteiger partial charge in [-0.2, -0.15) is 13.2 Å². The second-order valence-electron chi connectivity index (χ2n) is 4.95. The van der Waals surface area contributed by atoms with Crippen LogP contribution in [0.15, 0.2) is 53.0 Å². The Balaban J connectivity index is 1.75. The summed E-state index contributed by atoms with van der Waals surface area (Å²) in [5, 5.41) is 11.1. The zero-order valence-electron chi connectivity index (χ0n) is 12.3. The van der Waals surface area contributed by atoms with Crippen LogP contribution in [0, 0.1) is 0 Å². The number of carbonyl (C=O) groups is 1. The van der Waals surface area contributed by atoms with Crippen LogP contribution < -0.4 is 5.32 Å². The fraction of sp³-hybridized carbons (Fsp3) is 0.0625. The molecule has 0 radical (unpaired) electrons. The van der Waals surface area contributed by atoms with E-state index in [4.69, 9.17) is 0 Å². The van der Waals surface area contributed by atoms with Gasteiger partial charge in [0.05, 0.1) is 5.56 Å². The zero-order valence-corrected chi connectivity index (χ0v) is 14.7. The molecule has 1 heterocycles. The van der Waals surface area contributed by atoms with Gasteiger partial charge in [-0.25, -0.2) is 0 Å². The van der Waals surface area contributed by atoms with Crippen LogP contribution in [-0.4, -0.2) is 16.1 Å². The molecule has 2 aromatic carbocycles. The van der Waals surface area contributed by atoms with Crippen LogP contribution in [0.5, 0.6) is 0 Å². The van der Waals surface area contributed by atoms with Gasteiger partial charge in [0.15, 0.2) is 0 Å². The smallest absolute Gasteiger partial charge is 0.296 e. The van der Waals surface area contributed by atoms with Gasteiger partial charge in [-0.3, -0.25) is 10.1 Å². The summed E-state index contributed by atoms with van der Waals surface area (Å²) in [5.41, 5.74) is 0.207. The molecule has 1 N–H and O–H groups in total. The lowest BCUT2D eigenvalue weighted by Crippen LogP contribution is -2.11. The third-order valence-electron chi connectivity index (χ3n) is 3.19. The quantitative estimate of drug-likeness (QED) is 0.621. The number of hydrogen-bond donors (Lipinski definition) is 1. The van der Waals surface area contributed by atoms with E-state index in [0.29, 0.717) is 16.1 Å². The summed E-state index contributed by atoms with van der Waals surface area (Å²) in [4.78, 5) is 12.1. The molecule has 25 heavy (non-hydrogen) atoms. The van der Waals surface area contributed by atoms with E-state index >= 15 is 0 Å². The third-order valence-corrected chi connectivity index (χ3v) is 4.57. The van der Waals surface area contributed by atoms with Gasteiger partial charge >= 0.3 is 6.18 Å². The molecule has 9 heteroatoms. The topological polar surface area (TPSA) is 54.9 Å². The summed E-state index contributed by atoms with van der Waals surface area (Å²) in [6, 6.07) is 11.4. The summed E-state index contributed by atoms with van der Waals surface area (Å²) < 4.78 is 38.5. The van der Waals surface area contributed by atoms with Crippen LogP contribution in [0.3, 0.4) is 0 Å². The number of anilines is 1. The first-order valence-electron chi connectivity index (χ1n) is 6.91. The van der Waals surface area contributed by atoms with E-state index in [0.717, 1.165) is 27.9 Å². The van der Waals surface area contributed by atoms with Crippen LogP contribution in [0.1, 0.15) is 15.9 Å². The van der Waals surface area contributed by atoms with Crippen molar-refractivity contribution in [3.63, 3.8) is 0 Å². The van der Waals surface area contributed by atoms with E-state index in [1.165, 1.54) is 12.1 Å². The predicted octanol–water partition coefficient (Wildman–Crippen LogP) is 5.24. The van der Waals surface area contributed by atoms with E-state index in [2.05, 4.69) is 31.4 Å². The Labute approximate surface area is 152 Å². The van der Waals surface area contributed by atoms with E-state index < -0.39 is 11.7 Å². The monoisotopic (exact) mass is 427 g/mol. The average Bonchev–Trinajstić information content (AvgIpc) is 3.02. The maximum Gasteiger partial charge on any atom is 0.416 e. The molecule has 4 nitrogen and oxygen atoms in total. The number of aromatic nitrogens is 2. The van der Waals surface area contributed by atoms with Crippen LogP contribution >= 0.6 is 27.3 Å². The Kier molecular flexibility index (Phi) is 4.87. The molecule has 0 aliphatic rings. The highest BCUT2D eigenvalue weighted by Crippen LogP contribution is 2.32. The minimum Gasteiger partial charge on any atom is -0.296 e. The standard InChI is InChI=1S/C16H9BrF3N3OS/c17-12-3-1-2-10(8-12)13(24)21-15-23-22-14(25-15)9-4-6-11(7-5-9)16(18,19)20/h1-8H,(H,21,23,24). The summed E-state index contributed by atoms with van der Waals surface area (Å²) in [7, 11) is 0. The van der Waals surface area contributed by atoms with Crippen LogP contribution in [0.4, 0.5) is 18.3 Å². The van der Waals surface area contributed by atoms with Gasteiger partial charge in [-0.1, -0.05) is 45.5 Å². The number of carbonyl (C=O) groups excluding carboxylic acids is 1. The number of nitrogens with one attached hydrogen (secondary N) is 1. The van der Waals surface area contributed by atoms with Crippen molar-refractivity contribution in [3.8, 4) is 10.6 Å². The van der Waals surface area contributed by atoms with Gasteiger partial charge < -0.3 is 0 Å². The van der Waals surface area contributed by atoms with Gasteiger partial charge in [-0.05, 0) is 30.3 Å². The number of benzene rings is 2. The van der Waals surface area contributed by atoms with Crippen molar-refractivity contribution in [1.82, 2.24) is 10.2 Å². The second-order valence-corrected chi connectivity index (χ2v) is 6.85. The Hall–Kier alpha value is -2.26. The largest absolute Gasteiger partial charge is 0.416 e. The van der Waals surface area contributed by atoms with Crippen molar-refractivity contribution in [2.75, 3.05) is 5.32 Å². The van der Waals surface area contributed by atoms with Crippen molar-refractivity contribution in [2.24, 2.45) is 0 Å². The Bertz CT molecular complexity index is 909. The number of amides is 1. The summed E-state index contributed by atoms with van der Waals surface area (Å²) in [6.45, 7) is 0. The first-order valence-corrected chi connectivity index (χ1v) is 8.52. The molecule has 0 fully saturated rings. The van der Waals surface area contributed by atoms with E-state index in [-0.39, 0.29) is 11.0 Å². The second kappa shape index (κ2) is 6.93. The molecular weight excluding hydrogens is 419 g/mol. The molecule has 1 aromatic heterocycles. The van der Waals surface area contributed by atoms with Crippen LogP contribution in [0.25, 0.3) is 10.6 Å². The van der Waals surface area contributed by atoms with Gasteiger partial charge in [0.2, 0.25) is 5.13 Å². The Morgan fingerprint density at radius 2 is 1.80 bits per heavy atom. The van der Waals surface area contributed by atoms with Crippen LogP contribution in [-0.2, 0) is 6.18 Å². The van der Waals surface area contributed by atoms with Gasteiger partial charge in [-0.15, -0.1) is 10.2 Å². The molecule has 0 bridgehead atoms. The first kappa shape index (κ1) is 17.6. The highest BCUT2D eigenvalue weighted by atomic mass is 79.9. The molecule has 0 saturated carbocycles. The number of rotatable bonds is 3. The summed E-state index contributed by atoms with van der Waals surface area (Å²) >= 11 is 4.36. The number of alkyl halides is 3. The maximum absolute atomic E-state index is 12.6. The van der Waals surface area contributed by atoms with Gasteiger partial charge in [0, 0.05) is 15.6 Å². The minimum absolute atomic E-state index is 0.264. The first-order chi connectivity index (χ1) is 11.8. The molecule has 0 aliphatic heterocycles. The SMILES string of the molecule is O=C(Nc1nnc(-c2ccc(C(F)(F)F)cc2)s1)c1cccc(Br)c1. The molecule has 3 rings (SSSR count). The van der Waals surface area contributed by atoms with Crippen molar-refractivity contribution >= 4 is 38.3 Å². The van der Waals surface area contributed by atoms with Crippen LogP contribution in [0.2, 0.25) is 0 Å². The molecule has 0 atom stereocenters. The molecule has 0 spiro atoms.